The molecule has 1 aliphatic heterocycles. The molecule has 6 nitrogen and oxygen atoms in total. The number of likely N-dealkylation sites (tertiary alicyclic amines) is 1. The molecule has 0 unspecified atom stereocenters. The Morgan fingerprint density at radius 1 is 1.22 bits per heavy atom. The van der Waals surface area contributed by atoms with E-state index in [-0.39, 0.29) is 18.2 Å². The molecule has 1 aromatic rings. The summed E-state index contributed by atoms with van der Waals surface area (Å²) in [7, 11) is 0. The molecule has 2 rings (SSSR count). The first kappa shape index (κ1) is 17.4. The second-order valence-electron chi connectivity index (χ2n) is 6.01. The van der Waals surface area contributed by atoms with Gasteiger partial charge in [-0.1, -0.05) is 6.42 Å². The summed E-state index contributed by atoms with van der Waals surface area (Å²) in [5.41, 5.74) is 0.718. The third kappa shape index (κ3) is 6.36. The van der Waals surface area contributed by atoms with Crippen LogP contribution in [-0.4, -0.2) is 47.4 Å². The van der Waals surface area contributed by atoms with Gasteiger partial charge in [0.05, 0.1) is 0 Å². The zero-order chi connectivity index (χ0) is 16.5. The average Bonchev–Trinajstić information content (AvgIpc) is 2.55. The van der Waals surface area contributed by atoms with Crippen molar-refractivity contribution in [2.45, 2.75) is 45.1 Å². The number of pyridine rings is 1. The number of nitrogens with one attached hydrogen (secondary N) is 2. The molecule has 0 radical (unpaired) electrons. The van der Waals surface area contributed by atoms with E-state index in [9.17, 15) is 9.59 Å². The molecule has 0 spiro atoms. The van der Waals surface area contributed by atoms with Crippen LogP contribution in [0.2, 0.25) is 0 Å². The third-order valence-corrected chi connectivity index (χ3v) is 4.20. The van der Waals surface area contributed by atoms with Crippen LogP contribution in [0.4, 0.5) is 5.69 Å². The van der Waals surface area contributed by atoms with Crippen LogP contribution in [0.1, 0.15) is 39.0 Å². The van der Waals surface area contributed by atoms with Gasteiger partial charge >= 0.3 is 0 Å². The number of carbonyl (C=O) groups is 2. The Bertz CT molecular complexity index is 507. The molecule has 6 heteroatoms. The smallest absolute Gasteiger partial charge is 0.226 e. The molecule has 23 heavy (non-hydrogen) atoms. The summed E-state index contributed by atoms with van der Waals surface area (Å²) in [5, 5.41) is 5.58. The number of amides is 2. The van der Waals surface area contributed by atoms with Crippen LogP contribution in [-0.2, 0) is 9.59 Å². The van der Waals surface area contributed by atoms with Gasteiger partial charge in [-0.3, -0.25) is 14.6 Å². The number of hydrogen-bond acceptors (Lipinski definition) is 4. The Morgan fingerprint density at radius 2 is 2.00 bits per heavy atom. The second kappa shape index (κ2) is 9.25. The highest BCUT2D eigenvalue weighted by Gasteiger charge is 2.18. The highest BCUT2D eigenvalue weighted by Crippen LogP contribution is 2.16. The van der Waals surface area contributed by atoms with Crippen molar-refractivity contribution in [1.82, 2.24) is 15.2 Å². The monoisotopic (exact) mass is 318 g/mol. The van der Waals surface area contributed by atoms with Gasteiger partial charge < -0.3 is 15.5 Å². The van der Waals surface area contributed by atoms with E-state index in [1.54, 1.807) is 24.5 Å². The maximum absolute atomic E-state index is 11.9. The molecule has 1 aromatic heterocycles. The van der Waals surface area contributed by atoms with Gasteiger partial charge in [0, 0.05) is 50.1 Å². The minimum Gasteiger partial charge on any atom is -0.356 e. The predicted molar refractivity (Wildman–Crippen MR) is 90.0 cm³/mol. The van der Waals surface area contributed by atoms with E-state index in [4.69, 9.17) is 0 Å². The van der Waals surface area contributed by atoms with Gasteiger partial charge in [-0.15, -0.1) is 0 Å². The minimum atomic E-state index is -0.110. The fraction of sp³-hybridized carbons (Fsp3) is 0.588. The van der Waals surface area contributed by atoms with Crippen molar-refractivity contribution in [2.75, 3.05) is 25.0 Å². The SMILES string of the molecule is C[C@@H]1CCCCN1CCC(=O)NCCC(=O)Nc1ccncc1. The Labute approximate surface area is 137 Å². The topological polar surface area (TPSA) is 74.3 Å². The highest BCUT2D eigenvalue weighted by molar-refractivity contribution is 5.91. The number of nitrogens with zero attached hydrogens (tertiary/aromatic N) is 2. The van der Waals surface area contributed by atoms with E-state index in [2.05, 4.69) is 27.4 Å². The van der Waals surface area contributed by atoms with Gasteiger partial charge in [0.25, 0.3) is 0 Å². The first-order chi connectivity index (χ1) is 11.1. The number of anilines is 1. The van der Waals surface area contributed by atoms with Crippen molar-refractivity contribution in [3.63, 3.8) is 0 Å². The molecule has 2 heterocycles. The molecule has 1 aliphatic rings. The van der Waals surface area contributed by atoms with Crippen LogP contribution in [0.25, 0.3) is 0 Å². The van der Waals surface area contributed by atoms with Crippen molar-refractivity contribution in [3.05, 3.63) is 24.5 Å². The third-order valence-electron chi connectivity index (χ3n) is 4.20. The molecule has 1 atom stereocenters. The lowest BCUT2D eigenvalue weighted by molar-refractivity contribution is -0.121. The summed E-state index contributed by atoms with van der Waals surface area (Å²) in [6.07, 6.45) is 7.75. The number of aromatic nitrogens is 1. The van der Waals surface area contributed by atoms with E-state index in [1.807, 2.05) is 0 Å². The van der Waals surface area contributed by atoms with Gasteiger partial charge in [0.1, 0.15) is 0 Å². The van der Waals surface area contributed by atoms with Crippen molar-refractivity contribution in [2.24, 2.45) is 0 Å². The van der Waals surface area contributed by atoms with E-state index < -0.39 is 0 Å². The summed E-state index contributed by atoms with van der Waals surface area (Å²) in [5.74, 6) is -0.0966. The first-order valence-corrected chi connectivity index (χ1v) is 8.36. The largest absolute Gasteiger partial charge is 0.356 e. The summed E-state index contributed by atoms with van der Waals surface area (Å²) in [4.78, 5) is 29.9. The van der Waals surface area contributed by atoms with Crippen LogP contribution >= 0.6 is 0 Å². The van der Waals surface area contributed by atoms with Gasteiger partial charge in [-0.05, 0) is 38.4 Å². The van der Waals surface area contributed by atoms with Gasteiger partial charge in [-0.25, -0.2) is 0 Å². The van der Waals surface area contributed by atoms with Crippen LogP contribution in [0.15, 0.2) is 24.5 Å². The first-order valence-electron chi connectivity index (χ1n) is 8.36. The second-order valence-corrected chi connectivity index (χ2v) is 6.01. The number of hydrogen-bond donors (Lipinski definition) is 2. The summed E-state index contributed by atoms with van der Waals surface area (Å²) in [6.45, 7) is 4.48. The molecule has 0 aromatic carbocycles. The Kier molecular flexibility index (Phi) is 7.00. The van der Waals surface area contributed by atoms with Crippen molar-refractivity contribution < 1.29 is 9.59 Å². The van der Waals surface area contributed by atoms with Gasteiger partial charge in [-0.2, -0.15) is 0 Å². The average molecular weight is 318 g/mol. The molecule has 0 aliphatic carbocycles. The summed E-state index contributed by atoms with van der Waals surface area (Å²) >= 11 is 0. The maximum atomic E-state index is 11.9. The molecule has 2 N–H and O–H groups in total. The van der Waals surface area contributed by atoms with Crippen LogP contribution in [0.5, 0.6) is 0 Å². The number of carbonyl (C=O) groups excluding carboxylic acids is 2. The quantitative estimate of drug-likeness (QED) is 0.804. The summed E-state index contributed by atoms with van der Waals surface area (Å²) < 4.78 is 0. The van der Waals surface area contributed by atoms with E-state index in [1.165, 1.54) is 19.3 Å². The predicted octanol–water partition coefficient (Wildman–Crippen LogP) is 1.79. The maximum Gasteiger partial charge on any atom is 0.226 e. The number of piperidine rings is 1. The molecule has 2 amide bonds. The van der Waals surface area contributed by atoms with Crippen molar-refractivity contribution in [1.29, 1.82) is 0 Å². The molecular formula is C17H26N4O2. The Balaban J connectivity index is 1.58. The van der Waals surface area contributed by atoms with E-state index >= 15 is 0 Å². The standard InChI is InChI=1S/C17H26N4O2/c1-14-4-2-3-12-21(14)13-8-16(22)19-11-7-17(23)20-15-5-9-18-10-6-15/h5-6,9-10,14H,2-4,7-8,11-13H2,1H3,(H,19,22)(H,18,20,23)/t14-/m1/s1. The Hall–Kier alpha value is -1.95. The normalized spacial score (nSPS) is 18.4. The van der Waals surface area contributed by atoms with Crippen molar-refractivity contribution in [3.8, 4) is 0 Å². The zero-order valence-corrected chi connectivity index (χ0v) is 13.8. The molecule has 1 fully saturated rings. The van der Waals surface area contributed by atoms with Gasteiger partial charge in [0.15, 0.2) is 0 Å². The van der Waals surface area contributed by atoms with Crippen LogP contribution in [0, 0.1) is 0 Å². The number of rotatable bonds is 7. The molecule has 0 saturated carbocycles. The fourth-order valence-corrected chi connectivity index (χ4v) is 2.80. The summed E-state index contributed by atoms with van der Waals surface area (Å²) in [6, 6.07) is 4.04. The lowest BCUT2D eigenvalue weighted by Crippen LogP contribution is -2.40. The van der Waals surface area contributed by atoms with Crippen LogP contribution in [0.3, 0.4) is 0 Å². The highest BCUT2D eigenvalue weighted by atomic mass is 16.2. The molecule has 0 bridgehead atoms. The molecule has 1 saturated heterocycles. The minimum absolute atomic E-state index is 0.0134. The van der Waals surface area contributed by atoms with E-state index in [0.29, 0.717) is 19.0 Å². The Morgan fingerprint density at radius 3 is 2.74 bits per heavy atom. The lowest BCUT2D eigenvalue weighted by Gasteiger charge is -2.33. The molecule has 126 valence electrons. The van der Waals surface area contributed by atoms with Crippen molar-refractivity contribution >= 4 is 17.5 Å². The van der Waals surface area contributed by atoms with E-state index in [0.717, 1.165) is 18.8 Å². The van der Waals surface area contributed by atoms with Crippen LogP contribution < -0.4 is 10.6 Å². The fourth-order valence-electron chi connectivity index (χ4n) is 2.80. The zero-order valence-electron chi connectivity index (χ0n) is 13.8. The molecular weight excluding hydrogens is 292 g/mol. The van der Waals surface area contributed by atoms with Gasteiger partial charge in [0.2, 0.25) is 11.8 Å². The lowest BCUT2D eigenvalue weighted by atomic mass is 10.0.